The van der Waals surface area contributed by atoms with Crippen LogP contribution < -0.4 is 15.0 Å². The van der Waals surface area contributed by atoms with Crippen LogP contribution in [0.3, 0.4) is 0 Å². The summed E-state index contributed by atoms with van der Waals surface area (Å²) in [4.78, 5) is 2.87. The number of rotatable bonds is 3. The zero-order valence-electron chi connectivity index (χ0n) is 12.6. The second-order valence-corrected chi connectivity index (χ2v) is 7.75. The molecular formula is C17H18N2O3S. The summed E-state index contributed by atoms with van der Waals surface area (Å²) in [7, 11) is -3.51. The fourth-order valence-corrected chi connectivity index (χ4v) is 4.30. The molecule has 2 aromatic rings. The maximum Gasteiger partial charge on any atom is 0.206 e. The zero-order chi connectivity index (χ0) is 15.9. The maximum atomic E-state index is 12.8. The van der Waals surface area contributed by atoms with Gasteiger partial charge in [0, 0.05) is 13.1 Å². The molecule has 0 aromatic heterocycles. The first kappa shape index (κ1) is 14.5. The summed E-state index contributed by atoms with van der Waals surface area (Å²) in [6.45, 7) is 3.27. The van der Waals surface area contributed by atoms with Crippen molar-refractivity contribution in [1.82, 2.24) is 5.32 Å². The van der Waals surface area contributed by atoms with E-state index in [1.54, 1.807) is 42.5 Å². The molecule has 2 aliphatic rings. The summed E-state index contributed by atoms with van der Waals surface area (Å²) in [5.74, 6) is 0.759. The molecule has 2 aliphatic heterocycles. The van der Waals surface area contributed by atoms with Gasteiger partial charge in [-0.25, -0.2) is 8.42 Å². The predicted octanol–water partition coefficient (Wildman–Crippen LogP) is 1.69. The number of fused-ring (bicyclic) bond motifs is 1. The third-order valence-electron chi connectivity index (χ3n) is 4.39. The van der Waals surface area contributed by atoms with Crippen molar-refractivity contribution in [1.29, 1.82) is 0 Å². The first-order valence-corrected chi connectivity index (χ1v) is 9.19. The highest BCUT2D eigenvalue weighted by atomic mass is 32.2. The maximum absolute atomic E-state index is 12.8. The van der Waals surface area contributed by atoms with E-state index in [2.05, 4.69) is 10.2 Å². The molecule has 23 heavy (non-hydrogen) atoms. The van der Waals surface area contributed by atoms with Crippen LogP contribution in [-0.4, -0.2) is 40.7 Å². The third-order valence-corrected chi connectivity index (χ3v) is 6.16. The number of benzene rings is 2. The van der Waals surface area contributed by atoms with Crippen molar-refractivity contribution in [3.05, 3.63) is 48.5 Å². The Morgan fingerprint density at radius 1 is 1.04 bits per heavy atom. The molecule has 120 valence electrons. The lowest BCUT2D eigenvalue weighted by Crippen LogP contribution is -2.59. The largest absolute Gasteiger partial charge is 0.490 e. The lowest BCUT2D eigenvalue weighted by Gasteiger charge is -2.42. The average molecular weight is 330 g/mol. The first-order chi connectivity index (χ1) is 11.2. The van der Waals surface area contributed by atoms with Gasteiger partial charge >= 0.3 is 0 Å². The zero-order valence-corrected chi connectivity index (χ0v) is 13.4. The van der Waals surface area contributed by atoms with E-state index < -0.39 is 9.84 Å². The molecule has 2 heterocycles. The summed E-state index contributed by atoms with van der Waals surface area (Å²) in [5, 5.41) is 3.26. The number of nitrogens with zero attached hydrogens (tertiary/aromatic N) is 1. The minimum atomic E-state index is -3.51. The van der Waals surface area contributed by atoms with Crippen LogP contribution in [-0.2, 0) is 9.84 Å². The van der Waals surface area contributed by atoms with Gasteiger partial charge in [0.25, 0.3) is 0 Å². The van der Waals surface area contributed by atoms with E-state index in [4.69, 9.17) is 4.74 Å². The molecule has 1 N–H and O–H groups in total. The fraction of sp³-hybridized carbons (Fsp3) is 0.294. The van der Waals surface area contributed by atoms with E-state index in [0.29, 0.717) is 22.4 Å². The van der Waals surface area contributed by atoms with E-state index in [1.807, 2.05) is 6.07 Å². The topological polar surface area (TPSA) is 58.6 Å². The molecule has 2 aromatic carbocycles. The molecule has 5 nitrogen and oxygen atoms in total. The summed E-state index contributed by atoms with van der Waals surface area (Å²) in [5.41, 5.74) is 0.875. The van der Waals surface area contributed by atoms with Gasteiger partial charge in [-0.1, -0.05) is 18.2 Å². The predicted molar refractivity (Wildman–Crippen MR) is 87.8 cm³/mol. The minimum Gasteiger partial charge on any atom is -0.490 e. The molecule has 1 fully saturated rings. The molecule has 0 saturated carbocycles. The van der Waals surface area contributed by atoms with Crippen molar-refractivity contribution in [2.45, 2.75) is 15.8 Å². The number of anilines is 1. The van der Waals surface area contributed by atoms with Gasteiger partial charge in [0.1, 0.15) is 12.4 Å². The Morgan fingerprint density at radius 3 is 2.52 bits per heavy atom. The number of sulfone groups is 1. The highest BCUT2D eigenvalue weighted by molar-refractivity contribution is 7.91. The Kier molecular flexibility index (Phi) is 3.50. The van der Waals surface area contributed by atoms with Crippen molar-refractivity contribution >= 4 is 15.5 Å². The van der Waals surface area contributed by atoms with E-state index in [9.17, 15) is 8.42 Å². The summed E-state index contributed by atoms with van der Waals surface area (Å²) >= 11 is 0. The van der Waals surface area contributed by atoms with Gasteiger partial charge in [0.15, 0.2) is 0 Å². The molecular weight excluding hydrogens is 312 g/mol. The van der Waals surface area contributed by atoms with Crippen molar-refractivity contribution in [2.24, 2.45) is 0 Å². The SMILES string of the molecule is O=S(=O)(c1ccccc1)c1ccc2c(c1)N(C1CNC1)CCO2. The van der Waals surface area contributed by atoms with Crippen molar-refractivity contribution in [3.63, 3.8) is 0 Å². The van der Waals surface area contributed by atoms with Crippen molar-refractivity contribution < 1.29 is 13.2 Å². The van der Waals surface area contributed by atoms with Gasteiger partial charge in [-0.05, 0) is 30.3 Å². The van der Waals surface area contributed by atoms with Gasteiger partial charge in [-0.3, -0.25) is 0 Å². The molecule has 0 aliphatic carbocycles. The van der Waals surface area contributed by atoms with Crippen molar-refractivity contribution in [2.75, 3.05) is 31.1 Å². The Balaban J connectivity index is 1.77. The molecule has 0 bridgehead atoms. The lowest BCUT2D eigenvalue weighted by atomic mass is 10.1. The molecule has 0 radical (unpaired) electrons. The fourth-order valence-electron chi connectivity index (χ4n) is 2.99. The van der Waals surface area contributed by atoms with Gasteiger partial charge in [0.2, 0.25) is 9.84 Å². The Morgan fingerprint density at radius 2 is 1.83 bits per heavy atom. The lowest BCUT2D eigenvalue weighted by molar-refractivity contribution is 0.285. The highest BCUT2D eigenvalue weighted by Gasteiger charge is 2.30. The van der Waals surface area contributed by atoms with Gasteiger partial charge in [-0.15, -0.1) is 0 Å². The Labute approximate surface area is 135 Å². The van der Waals surface area contributed by atoms with E-state index in [1.165, 1.54) is 0 Å². The number of hydrogen-bond donors (Lipinski definition) is 1. The van der Waals surface area contributed by atoms with Gasteiger partial charge < -0.3 is 15.0 Å². The van der Waals surface area contributed by atoms with Crippen LogP contribution in [0.15, 0.2) is 58.3 Å². The minimum absolute atomic E-state index is 0.310. The van der Waals surface area contributed by atoms with Gasteiger partial charge in [-0.2, -0.15) is 0 Å². The van der Waals surface area contributed by atoms with Crippen LogP contribution in [0.2, 0.25) is 0 Å². The second kappa shape index (κ2) is 5.54. The van der Waals surface area contributed by atoms with E-state index >= 15 is 0 Å². The summed E-state index contributed by atoms with van der Waals surface area (Å²) < 4.78 is 31.3. The molecule has 4 rings (SSSR count). The monoisotopic (exact) mass is 330 g/mol. The van der Waals surface area contributed by atoms with Crippen LogP contribution in [0.1, 0.15) is 0 Å². The Hall–Kier alpha value is -2.05. The van der Waals surface area contributed by atoms with Crippen LogP contribution in [0, 0.1) is 0 Å². The first-order valence-electron chi connectivity index (χ1n) is 7.70. The third kappa shape index (κ3) is 2.48. The summed E-state index contributed by atoms with van der Waals surface area (Å²) in [6.07, 6.45) is 0. The molecule has 1 saturated heterocycles. The smallest absolute Gasteiger partial charge is 0.206 e. The number of ether oxygens (including phenoxy) is 1. The van der Waals surface area contributed by atoms with Crippen LogP contribution >= 0.6 is 0 Å². The normalized spacial score (nSPS) is 18.0. The molecule has 0 unspecified atom stereocenters. The quantitative estimate of drug-likeness (QED) is 0.928. The van der Waals surface area contributed by atoms with E-state index in [0.717, 1.165) is 31.1 Å². The van der Waals surface area contributed by atoms with Crippen LogP contribution in [0.25, 0.3) is 0 Å². The van der Waals surface area contributed by atoms with Gasteiger partial charge in [0.05, 0.1) is 28.1 Å². The molecule has 0 spiro atoms. The Bertz CT molecular complexity index is 817. The number of nitrogens with one attached hydrogen (secondary N) is 1. The van der Waals surface area contributed by atoms with Crippen LogP contribution in [0.5, 0.6) is 5.75 Å². The van der Waals surface area contributed by atoms with Crippen LogP contribution in [0.4, 0.5) is 5.69 Å². The highest BCUT2D eigenvalue weighted by Crippen LogP contribution is 2.36. The second-order valence-electron chi connectivity index (χ2n) is 5.80. The van der Waals surface area contributed by atoms with Crippen molar-refractivity contribution in [3.8, 4) is 5.75 Å². The molecule has 0 amide bonds. The molecule has 0 atom stereocenters. The standard InChI is InChI=1S/C17H18N2O3S/c20-23(21,14-4-2-1-3-5-14)15-6-7-17-16(10-15)19(8-9-22-17)13-11-18-12-13/h1-7,10,13,18H,8-9,11-12H2. The number of hydrogen-bond acceptors (Lipinski definition) is 5. The van der Waals surface area contributed by atoms with E-state index in [-0.39, 0.29) is 0 Å². The average Bonchev–Trinajstić information content (AvgIpc) is 2.54. The molecule has 6 heteroatoms. The summed E-state index contributed by atoms with van der Waals surface area (Å²) in [6, 6.07) is 14.1.